The van der Waals surface area contributed by atoms with Crippen LogP contribution in [0.3, 0.4) is 0 Å². The van der Waals surface area contributed by atoms with Crippen LogP contribution in [0, 0.1) is 0 Å². The van der Waals surface area contributed by atoms with Gasteiger partial charge < -0.3 is 0 Å². The average molecular weight is 477 g/mol. The second kappa shape index (κ2) is 9.68. The van der Waals surface area contributed by atoms with Gasteiger partial charge in [-0.25, -0.2) is 0 Å². The quantitative estimate of drug-likeness (QED) is 0.206. The van der Waals surface area contributed by atoms with Gasteiger partial charge in [-0.1, -0.05) is 0 Å². The third kappa shape index (κ3) is 4.31. The second-order valence-corrected chi connectivity index (χ2v) is 16.8. The Labute approximate surface area is 197 Å². The Morgan fingerprint density at radius 3 is 1.47 bits per heavy atom. The summed E-state index contributed by atoms with van der Waals surface area (Å²) in [5.41, 5.74) is 0.720. The van der Waals surface area contributed by atoms with Crippen LogP contribution in [0.4, 0.5) is 0 Å². The molecule has 4 aromatic rings. The third-order valence-electron chi connectivity index (χ3n) is 6.23. The topological polar surface area (TPSA) is 17.1 Å². The van der Waals surface area contributed by atoms with E-state index in [4.69, 9.17) is 11.6 Å². The number of Topliss-reactive ketones (excluding diaryl/α,β-unsaturated/α-hetero) is 1. The average Bonchev–Trinajstić information content (AvgIpc) is 2.86. The summed E-state index contributed by atoms with van der Waals surface area (Å²) in [5.74, 6) is 0.158. The number of halogens is 1. The van der Waals surface area contributed by atoms with Crippen molar-refractivity contribution in [3.8, 4) is 0 Å². The van der Waals surface area contributed by atoms with Crippen LogP contribution in [0.2, 0.25) is 5.02 Å². The summed E-state index contributed by atoms with van der Waals surface area (Å²) >= 11 is 5.99. The summed E-state index contributed by atoms with van der Waals surface area (Å²) < 4.78 is 0. The monoisotopic (exact) mass is 476 g/mol. The Bertz CT molecular complexity index is 1080. The number of hydrogen-bond acceptors (Lipinski definition) is 1. The van der Waals surface area contributed by atoms with Gasteiger partial charge >= 0.3 is 198 Å². The summed E-state index contributed by atoms with van der Waals surface area (Å²) in [6.07, 6.45) is -0.682. The normalized spacial score (nSPS) is 12.6. The zero-order valence-electron chi connectivity index (χ0n) is 17.9. The van der Waals surface area contributed by atoms with Crippen molar-refractivity contribution < 1.29 is 4.79 Å². The molecule has 0 bridgehead atoms. The first-order valence-electron chi connectivity index (χ1n) is 10.8. The van der Waals surface area contributed by atoms with Crippen molar-refractivity contribution in [2.24, 2.45) is 0 Å². The molecule has 0 radical (unpaired) electrons. The van der Waals surface area contributed by atoms with Gasteiger partial charge in [0.25, 0.3) is 0 Å². The van der Waals surface area contributed by atoms with E-state index in [1.54, 1.807) is 12.1 Å². The molecule has 0 fully saturated rings. The van der Waals surface area contributed by atoms with E-state index in [9.17, 15) is 4.79 Å². The Morgan fingerprint density at radius 2 is 1.06 bits per heavy atom. The predicted octanol–water partition coefficient (Wildman–Crippen LogP) is 6.62. The van der Waals surface area contributed by atoms with E-state index in [1.807, 2.05) is 12.1 Å². The molecule has 1 nitrogen and oxygen atoms in total. The molecule has 0 aliphatic carbocycles. The van der Waals surface area contributed by atoms with Gasteiger partial charge in [0.15, 0.2) is 0 Å². The van der Waals surface area contributed by atoms with Gasteiger partial charge in [0.2, 0.25) is 0 Å². The van der Waals surface area contributed by atoms with Gasteiger partial charge in [0.1, 0.15) is 0 Å². The SMILES string of the molecule is O=C(CCCP(P)(c1ccccc1)(c1ccccc1)c1ccccc1)c1ccc(Cl)cc1. The van der Waals surface area contributed by atoms with Gasteiger partial charge in [-0.15, -0.1) is 0 Å². The summed E-state index contributed by atoms with van der Waals surface area (Å²) in [4.78, 5) is 12.9. The fourth-order valence-corrected chi connectivity index (χ4v) is 11.8. The van der Waals surface area contributed by atoms with Crippen LogP contribution >= 0.6 is 26.8 Å². The molecule has 162 valence electrons. The molecule has 0 saturated carbocycles. The van der Waals surface area contributed by atoms with Crippen molar-refractivity contribution in [3.63, 3.8) is 0 Å². The van der Waals surface area contributed by atoms with Crippen LogP contribution < -0.4 is 15.9 Å². The fourth-order valence-electron chi connectivity index (χ4n) is 4.49. The summed E-state index contributed by atoms with van der Waals surface area (Å²) in [5, 5.41) is 4.60. The van der Waals surface area contributed by atoms with E-state index in [0.717, 1.165) is 18.1 Å². The van der Waals surface area contributed by atoms with E-state index >= 15 is 0 Å². The maximum absolute atomic E-state index is 12.9. The molecule has 1 atom stereocenters. The zero-order chi connectivity index (χ0) is 22.5. The molecule has 0 aromatic heterocycles. The van der Waals surface area contributed by atoms with E-state index in [2.05, 4.69) is 99.9 Å². The molecule has 0 saturated heterocycles. The predicted molar refractivity (Wildman–Crippen MR) is 145 cm³/mol. The number of benzene rings is 4. The molecule has 4 heteroatoms. The van der Waals surface area contributed by atoms with Crippen molar-refractivity contribution in [3.05, 3.63) is 126 Å². The Morgan fingerprint density at radius 1 is 0.656 bits per heavy atom. The summed E-state index contributed by atoms with van der Waals surface area (Å²) in [6, 6.07) is 39.5. The number of carbonyl (C=O) groups excluding carboxylic acids is 1. The summed E-state index contributed by atoms with van der Waals surface area (Å²) in [7, 11) is 3.34. The van der Waals surface area contributed by atoms with Gasteiger partial charge in [-0.05, 0) is 0 Å². The van der Waals surface area contributed by atoms with Gasteiger partial charge in [-0.3, -0.25) is 0 Å². The van der Waals surface area contributed by atoms with Gasteiger partial charge in [0.05, 0.1) is 0 Å². The minimum absolute atomic E-state index is 0.158. The Balaban J connectivity index is 1.77. The molecular formula is C28H27ClOP2. The summed E-state index contributed by atoms with van der Waals surface area (Å²) in [6.45, 7) is 0. The standard InChI is InChI=1S/C28H27ClOP2/c29-24-20-18-23(19-21-24)28(30)17-10-22-32(31,25-11-4-1-5-12-25,26-13-6-2-7-14-26)27-15-8-3-9-16-27/h1-9,11-16,18-21H,10,17,22,31H2. The van der Waals surface area contributed by atoms with Crippen molar-refractivity contribution in [2.45, 2.75) is 12.8 Å². The first kappa shape index (κ1) is 22.9. The van der Waals surface area contributed by atoms with Gasteiger partial charge in [-0.2, -0.15) is 0 Å². The molecule has 0 aliphatic heterocycles. The minimum atomic E-state index is -2.87. The third-order valence-corrected chi connectivity index (χ3v) is 15.6. The molecule has 0 heterocycles. The molecule has 0 spiro atoms. The number of hydrogen-bond donors (Lipinski definition) is 0. The van der Waals surface area contributed by atoms with Crippen molar-refractivity contribution in [2.75, 3.05) is 6.16 Å². The molecule has 1 unspecified atom stereocenters. The molecule has 0 amide bonds. The molecule has 0 aliphatic rings. The first-order chi connectivity index (χ1) is 15.5. The van der Waals surface area contributed by atoms with Crippen LogP contribution in [0.15, 0.2) is 115 Å². The van der Waals surface area contributed by atoms with Crippen molar-refractivity contribution in [1.82, 2.24) is 0 Å². The van der Waals surface area contributed by atoms with Crippen LogP contribution in [0.25, 0.3) is 0 Å². The van der Waals surface area contributed by atoms with E-state index < -0.39 is 6.29 Å². The molecule has 4 rings (SSSR count). The fraction of sp³-hybridized carbons (Fsp3) is 0.107. The molecule has 32 heavy (non-hydrogen) atoms. The number of ketones is 1. The zero-order valence-corrected chi connectivity index (χ0v) is 20.7. The van der Waals surface area contributed by atoms with Crippen LogP contribution in [0.1, 0.15) is 23.2 Å². The van der Waals surface area contributed by atoms with Crippen molar-refractivity contribution in [1.29, 1.82) is 0 Å². The van der Waals surface area contributed by atoms with Crippen molar-refractivity contribution >= 4 is 48.5 Å². The van der Waals surface area contributed by atoms with E-state index in [1.165, 1.54) is 15.9 Å². The van der Waals surface area contributed by atoms with Crippen LogP contribution in [-0.4, -0.2) is 11.9 Å². The van der Waals surface area contributed by atoms with Gasteiger partial charge in [0, 0.05) is 0 Å². The number of carbonyl (C=O) groups is 1. The second-order valence-electron chi connectivity index (χ2n) is 8.14. The maximum atomic E-state index is 12.9. The number of rotatable bonds is 8. The molecule has 0 N–H and O–H groups in total. The van der Waals surface area contributed by atoms with Crippen LogP contribution in [-0.2, 0) is 0 Å². The Kier molecular flexibility index (Phi) is 6.92. The molecule has 4 aromatic carbocycles. The Hall–Kier alpha value is -2.30. The first-order valence-corrected chi connectivity index (χ1v) is 15.2. The van der Waals surface area contributed by atoms with Crippen LogP contribution in [0.5, 0.6) is 0 Å². The van der Waals surface area contributed by atoms with E-state index in [-0.39, 0.29) is 5.78 Å². The van der Waals surface area contributed by atoms with E-state index in [0.29, 0.717) is 11.4 Å². The molecular weight excluding hydrogens is 450 g/mol.